The highest BCUT2D eigenvalue weighted by molar-refractivity contribution is 5.75. The lowest BCUT2D eigenvalue weighted by atomic mass is 10.1. The lowest BCUT2D eigenvalue weighted by Crippen LogP contribution is -2.45. The molecule has 0 bridgehead atoms. The monoisotopic (exact) mass is 224 g/mol. The Balaban J connectivity index is 2.49. The van der Waals surface area contributed by atoms with Crippen LogP contribution >= 0.6 is 0 Å². The van der Waals surface area contributed by atoms with E-state index in [4.69, 9.17) is 5.73 Å². The fraction of sp³-hybridized carbons (Fsp3) is 0.636. The third-order valence-corrected chi connectivity index (χ3v) is 2.14. The first-order valence-electron chi connectivity index (χ1n) is 5.34. The summed E-state index contributed by atoms with van der Waals surface area (Å²) in [7, 11) is 0. The van der Waals surface area contributed by atoms with Crippen molar-refractivity contribution in [2.45, 2.75) is 39.8 Å². The molecule has 5 nitrogen and oxygen atoms in total. The lowest BCUT2D eigenvalue weighted by molar-refractivity contribution is -0.122. The molecule has 0 unspecified atom stereocenters. The van der Waals surface area contributed by atoms with Gasteiger partial charge in [0.1, 0.15) is 6.54 Å². The van der Waals surface area contributed by atoms with Crippen LogP contribution in [0.5, 0.6) is 0 Å². The summed E-state index contributed by atoms with van der Waals surface area (Å²) in [5, 5.41) is 7.00. The molecule has 90 valence electrons. The lowest BCUT2D eigenvalue weighted by Gasteiger charge is -2.18. The van der Waals surface area contributed by atoms with Gasteiger partial charge in [-0.15, -0.1) is 0 Å². The molecule has 5 heteroatoms. The van der Waals surface area contributed by atoms with E-state index in [1.54, 1.807) is 4.68 Å². The average Bonchev–Trinajstić information content (AvgIpc) is 2.41. The smallest absolute Gasteiger partial charge is 0.241 e. The maximum Gasteiger partial charge on any atom is 0.241 e. The zero-order valence-electron chi connectivity index (χ0n) is 10.4. The summed E-state index contributed by atoms with van der Waals surface area (Å²) in [6.07, 6.45) is 0. The highest BCUT2D eigenvalue weighted by atomic mass is 16.2. The van der Waals surface area contributed by atoms with E-state index < -0.39 is 0 Å². The third-order valence-electron chi connectivity index (χ3n) is 2.14. The van der Waals surface area contributed by atoms with Crippen molar-refractivity contribution in [3.8, 4) is 0 Å². The van der Waals surface area contributed by atoms with E-state index in [1.165, 1.54) is 0 Å². The Kier molecular flexibility index (Phi) is 3.70. The van der Waals surface area contributed by atoms with Crippen molar-refractivity contribution in [1.29, 1.82) is 0 Å². The number of hydrogen-bond acceptors (Lipinski definition) is 3. The maximum absolute atomic E-state index is 11.6. The number of carbonyl (C=O) groups excluding carboxylic acids is 1. The molecule has 3 N–H and O–H groups in total. The van der Waals surface area contributed by atoms with Crippen LogP contribution in [0.3, 0.4) is 0 Å². The second-order valence-electron chi connectivity index (χ2n) is 4.85. The number of carbonyl (C=O) groups is 1. The van der Waals surface area contributed by atoms with Crippen molar-refractivity contribution in [3.63, 3.8) is 0 Å². The quantitative estimate of drug-likeness (QED) is 0.775. The predicted octanol–water partition coefficient (Wildman–Crippen LogP) is 0.353. The molecule has 0 fully saturated rings. The van der Waals surface area contributed by atoms with Crippen molar-refractivity contribution < 1.29 is 4.79 Å². The fourth-order valence-corrected chi connectivity index (χ4v) is 1.35. The number of hydrogen-bond donors (Lipinski definition) is 2. The van der Waals surface area contributed by atoms with E-state index in [9.17, 15) is 4.79 Å². The first kappa shape index (κ1) is 12.7. The molecule has 0 aromatic carbocycles. The number of aryl methyl sites for hydroxylation is 2. The van der Waals surface area contributed by atoms with E-state index in [-0.39, 0.29) is 18.0 Å². The van der Waals surface area contributed by atoms with Crippen molar-refractivity contribution in [3.05, 3.63) is 17.5 Å². The van der Waals surface area contributed by atoms with Gasteiger partial charge in [0.25, 0.3) is 0 Å². The molecule has 0 saturated carbocycles. The van der Waals surface area contributed by atoms with E-state index in [2.05, 4.69) is 10.4 Å². The van der Waals surface area contributed by atoms with Gasteiger partial charge in [-0.05, 0) is 33.8 Å². The molecular formula is C11H20N4O. The van der Waals surface area contributed by atoms with Crippen molar-refractivity contribution in [1.82, 2.24) is 15.1 Å². The largest absolute Gasteiger partial charge is 0.353 e. The van der Waals surface area contributed by atoms with Crippen LogP contribution in [-0.2, 0) is 11.3 Å². The fourth-order valence-electron chi connectivity index (χ4n) is 1.35. The number of nitrogens with one attached hydrogen (secondary N) is 1. The van der Waals surface area contributed by atoms with E-state index >= 15 is 0 Å². The zero-order valence-corrected chi connectivity index (χ0v) is 10.4. The first-order valence-corrected chi connectivity index (χ1v) is 5.34. The second kappa shape index (κ2) is 4.65. The van der Waals surface area contributed by atoms with Crippen LogP contribution in [0, 0.1) is 13.8 Å². The van der Waals surface area contributed by atoms with Gasteiger partial charge in [-0.2, -0.15) is 5.10 Å². The Hall–Kier alpha value is -1.36. The Bertz CT molecular complexity index is 376. The molecule has 0 aliphatic carbocycles. The molecular weight excluding hydrogens is 204 g/mol. The minimum Gasteiger partial charge on any atom is -0.353 e. The van der Waals surface area contributed by atoms with Gasteiger partial charge in [0, 0.05) is 17.8 Å². The molecule has 1 heterocycles. The highest BCUT2D eigenvalue weighted by Gasteiger charge is 2.13. The number of nitrogens with two attached hydrogens (primary N) is 1. The van der Waals surface area contributed by atoms with Gasteiger partial charge in [-0.25, -0.2) is 0 Å². The first-order chi connectivity index (χ1) is 7.28. The minimum atomic E-state index is -0.384. The molecule has 1 amide bonds. The van der Waals surface area contributed by atoms with Crippen molar-refractivity contribution in [2.24, 2.45) is 5.73 Å². The molecule has 0 radical (unpaired) electrons. The molecule has 1 aromatic heterocycles. The van der Waals surface area contributed by atoms with E-state index in [1.807, 2.05) is 33.8 Å². The van der Waals surface area contributed by atoms with Crippen LogP contribution in [0.15, 0.2) is 6.07 Å². The molecule has 0 atom stereocenters. The summed E-state index contributed by atoms with van der Waals surface area (Å²) in [5.41, 5.74) is 7.30. The van der Waals surface area contributed by atoms with Crippen LogP contribution in [-0.4, -0.2) is 27.8 Å². The Morgan fingerprint density at radius 1 is 1.56 bits per heavy atom. The average molecular weight is 224 g/mol. The molecule has 1 aromatic rings. The van der Waals surface area contributed by atoms with Crippen molar-refractivity contribution >= 4 is 5.91 Å². The molecule has 0 aliphatic heterocycles. The Morgan fingerprint density at radius 3 is 2.62 bits per heavy atom. The maximum atomic E-state index is 11.6. The number of nitrogens with zero attached hydrogens (tertiary/aromatic N) is 2. The third kappa shape index (κ3) is 4.02. The van der Waals surface area contributed by atoms with Gasteiger partial charge in [-0.3, -0.25) is 9.48 Å². The molecule has 0 saturated heterocycles. The van der Waals surface area contributed by atoms with Crippen LogP contribution < -0.4 is 11.1 Å². The molecule has 1 rings (SSSR count). The second-order valence-corrected chi connectivity index (χ2v) is 4.85. The summed E-state index contributed by atoms with van der Waals surface area (Å²) in [6, 6.07) is 1.94. The summed E-state index contributed by atoms with van der Waals surface area (Å²) in [4.78, 5) is 11.6. The van der Waals surface area contributed by atoms with Gasteiger partial charge >= 0.3 is 0 Å². The molecule has 16 heavy (non-hydrogen) atoms. The summed E-state index contributed by atoms with van der Waals surface area (Å²) >= 11 is 0. The standard InChI is InChI=1S/C11H20N4O/c1-8-5-9(2)15(14-8)6-10(16)13-7-11(3,4)12/h5H,6-7,12H2,1-4H3,(H,13,16). The summed E-state index contributed by atoms with van der Waals surface area (Å²) in [6.45, 7) is 8.29. The summed E-state index contributed by atoms with van der Waals surface area (Å²) < 4.78 is 1.69. The highest BCUT2D eigenvalue weighted by Crippen LogP contribution is 2.01. The van der Waals surface area contributed by atoms with E-state index in [0.29, 0.717) is 6.54 Å². The topological polar surface area (TPSA) is 72.9 Å². The number of rotatable bonds is 4. The number of aromatic nitrogens is 2. The van der Waals surface area contributed by atoms with Crippen LogP contribution in [0.1, 0.15) is 25.2 Å². The normalized spacial score (nSPS) is 11.6. The Labute approximate surface area is 96.0 Å². The van der Waals surface area contributed by atoms with Gasteiger partial charge in [-0.1, -0.05) is 0 Å². The van der Waals surface area contributed by atoms with Crippen LogP contribution in [0.4, 0.5) is 0 Å². The minimum absolute atomic E-state index is 0.0651. The molecule has 0 spiro atoms. The summed E-state index contributed by atoms with van der Waals surface area (Å²) in [5.74, 6) is -0.0651. The zero-order chi connectivity index (χ0) is 12.3. The predicted molar refractivity (Wildman–Crippen MR) is 63.0 cm³/mol. The van der Waals surface area contributed by atoms with Crippen molar-refractivity contribution in [2.75, 3.05) is 6.54 Å². The van der Waals surface area contributed by atoms with E-state index in [0.717, 1.165) is 11.4 Å². The molecule has 0 aliphatic rings. The SMILES string of the molecule is Cc1cc(C)n(CC(=O)NCC(C)(C)N)n1. The van der Waals surface area contributed by atoms with Gasteiger partial charge in [0.15, 0.2) is 0 Å². The Morgan fingerprint density at radius 2 is 2.19 bits per heavy atom. The van der Waals surface area contributed by atoms with Crippen LogP contribution in [0.25, 0.3) is 0 Å². The van der Waals surface area contributed by atoms with Gasteiger partial charge in [0.05, 0.1) is 5.69 Å². The van der Waals surface area contributed by atoms with Gasteiger partial charge in [0.2, 0.25) is 5.91 Å². The van der Waals surface area contributed by atoms with Crippen LogP contribution in [0.2, 0.25) is 0 Å². The van der Waals surface area contributed by atoms with Gasteiger partial charge < -0.3 is 11.1 Å². The number of amides is 1.